The van der Waals surface area contributed by atoms with Crippen LogP contribution in [0.4, 0.5) is 4.79 Å². The zero-order valence-corrected chi connectivity index (χ0v) is 31.2. The van der Waals surface area contributed by atoms with E-state index in [4.69, 9.17) is 27.9 Å². The van der Waals surface area contributed by atoms with Crippen LogP contribution in [-0.4, -0.2) is 125 Å². The van der Waals surface area contributed by atoms with E-state index in [1.54, 1.807) is 19.2 Å². The van der Waals surface area contributed by atoms with Crippen LogP contribution in [0.15, 0.2) is 73.1 Å². The van der Waals surface area contributed by atoms with Gasteiger partial charge in [0.25, 0.3) is 5.91 Å². The molecule has 1 aromatic heterocycles. The van der Waals surface area contributed by atoms with Crippen molar-refractivity contribution in [2.75, 3.05) is 73.1 Å². The molecule has 7 rings (SSSR count). The molecule has 0 spiro atoms. The van der Waals surface area contributed by atoms with Crippen molar-refractivity contribution in [2.45, 2.75) is 36.6 Å². The molecule has 1 unspecified atom stereocenters. The highest BCUT2D eigenvalue weighted by atomic mass is 35.5. The lowest BCUT2D eigenvalue weighted by Gasteiger charge is -2.45. The standard InChI is InChI=1S/C38H45Cl2N9O3/c1-45-20-22-47(23-21-45)36(51)42-38(28-6-4-3-5-7-28)14-17-46(18-15-38)16-12-37(29-8-10-32(39)33(40)24-29)13-19-48(26-37)35(50)31-25-30(9-11-34(31)52-2)49-27-41-43-44-49/h3-11,24-25,27H,12-23,26H2,1-2H3,(H,42,51). The largest absolute Gasteiger partial charge is 0.496 e. The van der Waals surface area contributed by atoms with Gasteiger partial charge in [-0.15, -0.1) is 5.10 Å². The van der Waals surface area contributed by atoms with Crippen LogP contribution in [0.1, 0.15) is 47.2 Å². The van der Waals surface area contributed by atoms with Crippen LogP contribution in [-0.2, 0) is 11.0 Å². The second kappa shape index (κ2) is 15.4. The molecule has 14 heteroatoms. The molecule has 0 aliphatic carbocycles. The summed E-state index contributed by atoms with van der Waals surface area (Å²) in [5, 5.41) is 16.0. The Morgan fingerprint density at radius 2 is 1.62 bits per heavy atom. The Labute approximate surface area is 314 Å². The van der Waals surface area contributed by atoms with Gasteiger partial charge in [0.15, 0.2) is 0 Å². The third-order valence-corrected chi connectivity index (χ3v) is 12.0. The zero-order valence-electron chi connectivity index (χ0n) is 29.7. The van der Waals surface area contributed by atoms with Crippen LogP contribution in [0.2, 0.25) is 10.0 Å². The number of ether oxygens (including phenoxy) is 1. The minimum absolute atomic E-state index is 0.0137. The quantitative estimate of drug-likeness (QED) is 0.252. The van der Waals surface area contributed by atoms with Gasteiger partial charge in [-0.3, -0.25) is 4.79 Å². The molecule has 0 saturated carbocycles. The molecule has 0 radical (unpaired) electrons. The van der Waals surface area contributed by atoms with Gasteiger partial charge in [0.05, 0.1) is 33.9 Å². The maximum absolute atomic E-state index is 14.2. The number of aromatic nitrogens is 4. The summed E-state index contributed by atoms with van der Waals surface area (Å²) in [6, 6.07) is 21.6. The zero-order chi connectivity index (χ0) is 36.3. The van der Waals surface area contributed by atoms with E-state index in [0.29, 0.717) is 40.1 Å². The highest BCUT2D eigenvalue weighted by molar-refractivity contribution is 6.42. The fourth-order valence-corrected chi connectivity index (χ4v) is 8.28. The maximum atomic E-state index is 14.2. The number of rotatable bonds is 9. The van der Waals surface area contributed by atoms with E-state index in [-0.39, 0.29) is 17.4 Å². The van der Waals surface area contributed by atoms with Gasteiger partial charge in [0.2, 0.25) is 0 Å². The van der Waals surface area contributed by atoms with Crippen molar-refractivity contribution >= 4 is 35.1 Å². The number of piperidine rings is 1. The summed E-state index contributed by atoms with van der Waals surface area (Å²) in [5.74, 6) is 0.374. The minimum Gasteiger partial charge on any atom is -0.496 e. The molecule has 3 amide bonds. The van der Waals surface area contributed by atoms with Gasteiger partial charge in [-0.05, 0) is 91.2 Å². The second-order valence-corrected chi connectivity index (χ2v) is 15.1. The van der Waals surface area contributed by atoms with E-state index in [0.717, 1.165) is 82.6 Å². The Hall–Kier alpha value is -4.23. The number of piperazine rings is 1. The van der Waals surface area contributed by atoms with Gasteiger partial charge >= 0.3 is 6.03 Å². The summed E-state index contributed by atoms with van der Waals surface area (Å²) in [7, 11) is 3.66. The van der Waals surface area contributed by atoms with Gasteiger partial charge in [0.1, 0.15) is 12.1 Å². The average Bonchev–Trinajstić information content (AvgIpc) is 3.88. The van der Waals surface area contributed by atoms with Crippen LogP contribution in [0.3, 0.4) is 0 Å². The summed E-state index contributed by atoms with van der Waals surface area (Å²) in [6.45, 7) is 6.81. The van der Waals surface area contributed by atoms with Crippen molar-refractivity contribution in [3.63, 3.8) is 0 Å². The Bertz CT molecular complexity index is 1860. The molecule has 4 heterocycles. The number of tetrazole rings is 1. The SMILES string of the molecule is COc1ccc(-n2cnnn2)cc1C(=O)N1CCC(CCN2CCC(NC(=O)N3CCN(C)CC3)(c3ccccc3)CC2)(c2ccc(Cl)c(Cl)c2)C1. The molecular formula is C38H45Cl2N9O3. The molecule has 3 aromatic carbocycles. The first-order valence-corrected chi connectivity index (χ1v) is 18.6. The lowest BCUT2D eigenvalue weighted by molar-refractivity contribution is 0.0773. The number of amides is 3. The molecule has 52 heavy (non-hydrogen) atoms. The predicted molar refractivity (Wildman–Crippen MR) is 200 cm³/mol. The third-order valence-electron chi connectivity index (χ3n) is 11.3. The van der Waals surface area contributed by atoms with Crippen LogP contribution < -0.4 is 10.1 Å². The second-order valence-electron chi connectivity index (χ2n) is 14.3. The van der Waals surface area contributed by atoms with Gasteiger partial charge in [0, 0.05) is 57.8 Å². The molecule has 4 aromatic rings. The Kier molecular flexibility index (Phi) is 10.7. The van der Waals surface area contributed by atoms with E-state index in [2.05, 4.69) is 62.0 Å². The van der Waals surface area contributed by atoms with Gasteiger partial charge in [-0.1, -0.05) is 59.6 Å². The third kappa shape index (κ3) is 7.48. The molecule has 3 fully saturated rings. The van der Waals surface area contributed by atoms with E-state index < -0.39 is 5.54 Å². The topological polar surface area (TPSA) is 112 Å². The summed E-state index contributed by atoms with van der Waals surface area (Å²) in [6.07, 6.45) is 4.70. The number of benzene rings is 3. The number of carbonyl (C=O) groups is 2. The van der Waals surface area contributed by atoms with Crippen LogP contribution in [0, 0.1) is 0 Å². The predicted octanol–water partition coefficient (Wildman–Crippen LogP) is 5.10. The van der Waals surface area contributed by atoms with Gasteiger partial charge in [-0.2, -0.15) is 0 Å². The van der Waals surface area contributed by atoms with Crippen molar-refractivity contribution in [3.05, 3.63) is 99.8 Å². The van der Waals surface area contributed by atoms with Crippen molar-refractivity contribution in [3.8, 4) is 11.4 Å². The molecule has 0 bridgehead atoms. The number of hydrogen-bond acceptors (Lipinski definition) is 8. The van der Waals surface area contributed by atoms with Crippen LogP contribution in [0.25, 0.3) is 5.69 Å². The first-order valence-electron chi connectivity index (χ1n) is 17.9. The number of carbonyl (C=O) groups excluding carboxylic acids is 2. The van der Waals surface area contributed by atoms with E-state index in [1.807, 2.05) is 40.1 Å². The summed E-state index contributed by atoms with van der Waals surface area (Å²) >= 11 is 13.0. The highest BCUT2D eigenvalue weighted by Crippen LogP contribution is 2.42. The minimum atomic E-state index is -0.438. The molecule has 3 saturated heterocycles. The number of halogens is 2. The Balaban J connectivity index is 1.08. The number of likely N-dealkylation sites (N-methyl/N-ethyl adjacent to an activating group) is 1. The number of hydrogen-bond donors (Lipinski definition) is 1. The van der Waals surface area contributed by atoms with Crippen molar-refractivity contribution in [2.24, 2.45) is 0 Å². The van der Waals surface area contributed by atoms with Crippen LogP contribution >= 0.6 is 23.2 Å². The van der Waals surface area contributed by atoms with Gasteiger partial charge < -0.3 is 29.7 Å². The number of likely N-dealkylation sites (tertiary alicyclic amines) is 2. The molecule has 1 N–H and O–H groups in total. The van der Waals surface area contributed by atoms with E-state index in [9.17, 15) is 9.59 Å². The molecule has 3 aliphatic heterocycles. The summed E-state index contributed by atoms with van der Waals surface area (Å²) in [5.41, 5.74) is 2.56. The van der Waals surface area contributed by atoms with Crippen molar-refractivity contribution in [1.82, 2.24) is 45.1 Å². The van der Waals surface area contributed by atoms with E-state index in [1.165, 1.54) is 11.0 Å². The highest BCUT2D eigenvalue weighted by Gasteiger charge is 2.44. The fourth-order valence-electron chi connectivity index (χ4n) is 7.98. The normalized spacial score (nSPS) is 20.9. The first kappa shape index (κ1) is 36.1. The number of urea groups is 1. The lowest BCUT2D eigenvalue weighted by Crippen LogP contribution is -2.58. The molecular weight excluding hydrogens is 701 g/mol. The lowest BCUT2D eigenvalue weighted by atomic mass is 9.76. The monoisotopic (exact) mass is 745 g/mol. The molecule has 3 aliphatic rings. The number of methoxy groups -OCH3 is 1. The number of nitrogens with one attached hydrogen (secondary N) is 1. The Morgan fingerprint density at radius 3 is 2.31 bits per heavy atom. The fraction of sp³-hybridized carbons (Fsp3) is 0.447. The summed E-state index contributed by atoms with van der Waals surface area (Å²) < 4.78 is 7.14. The molecule has 12 nitrogen and oxygen atoms in total. The van der Waals surface area contributed by atoms with Crippen LogP contribution in [0.5, 0.6) is 5.75 Å². The molecule has 1 atom stereocenters. The Morgan fingerprint density at radius 1 is 0.846 bits per heavy atom. The van der Waals surface area contributed by atoms with E-state index >= 15 is 0 Å². The van der Waals surface area contributed by atoms with Crippen molar-refractivity contribution in [1.29, 1.82) is 0 Å². The average molecular weight is 747 g/mol. The summed E-state index contributed by atoms with van der Waals surface area (Å²) in [4.78, 5) is 36.4. The smallest absolute Gasteiger partial charge is 0.318 e. The maximum Gasteiger partial charge on any atom is 0.318 e. The first-order chi connectivity index (χ1) is 25.2. The molecule has 274 valence electrons. The van der Waals surface area contributed by atoms with Gasteiger partial charge in [-0.25, -0.2) is 9.48 Å². The number of nitrogens with zero attached hydrogens (tertiary/aromatic N) is 8. The van der Waals surface area contributed by atoms with Crippen molar-refractivity contribution < 1.29 is 14.3 Å².